The summed E-state index contributed by atoms with van der Waals surface area (Å²) in [4.78, 5) is 24.6. The third kappa shape index (κ3) is 63.0. The minimum absolute atomic E-state index is 0.0170. The molecule has 3 N–H and O–H groups in total. The number of esters is 1. The van der Waals surface area contributed by atoms with Gasteiger partial charge in [0.15, 0.2) is 0 Å². The van der Waals surface area contributed by atoms with Gasteiger partial charge >= 0.3 is 5.97 Å². The van der Waals surface area contributed by atoms with Crippen LogP contribution in [0.5, 0.6) is 0 Å². The van der Waals surface area contributed by atoms with Crippen LogP contribution in [0, 0.1) is 0 Å². The molecule has 0 radical (unpaired) electrons. The molecule has 0 aromatic heterocycles. The van der Waals surface area contributed by atoms with Crippen molar-refractivity contribution in [3.05, 3.63) is 48.6 Å². The molecule has 0 saturated heterocycles. The lowest BCUT2D eigenvalue weighted by atomic mass is 10.0. The first-order chi connectivity index (χ1) is 38.5. The summed E-state index contributed by atoms with van der Waals surface area (Å²) >= 11 is 0. The number of carbonyl (C=O) groups is 2. The van der Waals surface area contributed by atoms with Gasteiger partial charge in [-0.15, -0.1) is 0 Å². The molecule has 458 valence electrons. The Morgan fingerprint density at radius 1 is 0.359 bits per heavy atom. The van der Waals surface area contributed by atoms with Gasteiger partial charge < -0.3 is 20.3 Å². The van der Waals surface area contributed by atoms with Crippen molar-refractivity contribution in [2.75, 3.05) is 13.2 Å². The van der Waals surface area contributed by atoms with Crippen molar-refractivity contribution in [2.45, 2.75) is 386 Å². The lowest BCUT2D eigenvalue weighted by Gasteiger charge is -2.20. The van der Waals surface area contributed by atoms with Gasteiger partial charge in [0.05, 0.1) is 25.4 Å². The summed E-state index contributed by atoms with van der Waals surface area (Å²) in [6.07, 6.45) is 87.5. The third-order valence-electron chi connectivity index (χ3n) is 16.1. The minimum atomic E-state index is -0.854. The van der Waals surface area contributed by atoms with Crippen LogP contribution in [-0.4, -0.2) is 47.4 Å². The SMILES string of the molecule is CCCCCCCC/C=C\CCCCCCCCCC(=O)OCCCCC/C=C\C=C/CCCCCCCCCCCCC(=O)NC(CO)C(O)/C=C/CCCCCCCCCCCCCCCCCCCCCCCCC. The summed E-state index contributed by atoms with van der Waals surface area (Å²) < 4.78 is 5.47. The van der Waals surface area contributed by atoms with Gasteiger partial charge in [-0.2, -0.15) is 0 Å². The summed E-state index contributed by atoms with van der Waals surface area (Å²) in [5.41, 5.74) is 0. The van der Waals surface area contributed by atoms with E-state index in [9.17, 15) is 19.8 Å². The van der Waals surface area contributed by atoms with Crippen molar-refractivity contribution < 1.29 is 24.5 Å². The lowest BCUT2D eigenvalue weighted by Crippen LogP contribution is -2.45. The van der Waals surface area contributed by atoms with Crippen LogP contribution in [0.1, 0.15) is 373 Å². The van der Waals surface area contributed by atoms with Crippen molar-refractivity contribution in [1.29, 1.82) is 0 Å². The fraction of sp³-hybridized carbons (Fsp3) is 0.861. The molecule has 6 heteroatoms. The molecule has 78 heavy (non-hydrogen) atoms. The number of hydrogen-bond acceptors (Lipinski definition) is 5. The Bertz CT molecular complexity index is 1310. The molecule has 0 saturated carbocycles. The van der Waals surface area contributed by atoms with Gasteiger partial charge in [0, 0.05) is 12.8 Å². The predicted molar refractivity (Wildman–Crippen MR) is 342 cm³/mol. The summed E-state index contributed by atoms with van der Waals surface area (Å²) in [7, 11) is 0. The van der Waals surface area contributed by atoms with Crippen molar-refractivity contribution in [2.24, 2.45) is 0 Å². The van der Waals surface area contributed by atoms with Crippen molar-refractivity contribution in [1.82, 2.24) is 5.32 Å². The maximum absolute atomic E-state index is 12.5. The zero-order valence-corrected chi connectivity index (χ0v) is 52.4. The smallest absolute Gasteiger partial charge is 0.305 e. The fourth-order valence-electron chi connectivity index (χ4n) is 10.7. The molecule has 0 fully saturated rings. The first-order valence-electron chi connectivity index (χ1n) is 34.9. The molecule has 2 unspecified atom stereocenters. The Kier molecular flexibility index (Phi) is 65.4. The number of unbranched alkanes of at least 4 members (excludes halogenated alkanes) is 49. The number of carbonyl (C=O) groups excluding carboxylic acids is 2. The molecule has 0 spiro atoms. The highest BCUT2D eigenvalue weighted by Gasteiger charge is 2.18. The van der Waals surface area contributed by atoms with E-state index in [1.54, 1.807) is 6.08 Å². The van der Waals surface area contributed by atoms with E-state index >= 15 is 0 Å². The van der Waals surface area contributed by atoms with Gasteiger partial charge in [-0.25, -0.2) is 0 Å². The van der Waals surface area contributed by atoms with Gasteiger partial charge in [0.1, 0.15) is 0 Å². The molecule has 0 rings (SSSR count). The quantitative estimate of drug-likeness (QED) is 0.0244. The van der Waals surface area contributed by atoms with Gasteiger partial charge in [0.25, 0.3) is 0 Å². The second-order valence-corrected chi connectivity index (χ2v) is 23.9. The number of nitrogens with one attached hydrogen (secondary N) is 1. The van der Waals surface area contributed by atoms with E-state index in [1.165, 1.54) is 270 Å². The Morgan fingerprint density at radius 3 is 0.987 bits per heavy atom. The van der Waals surface area contributed by atoms with E-state index in [-0.39, 0.29) is 18.5 Å². The van der Waals surface area contributed by atoms with E-state index in [4.69, 9.17) is 4.74 Å². The fourth-order valence-corrected chi connectivity index (χ4v) is 10.7. The average Bonchev–Trinajstić information content (AvgIpc) is 3.44. The second-order valence-electron chi connectivity index (χ2n) is 23.9. The number of hydrogen-bond donors (Lipinski definition) is 3. The number of amides is 1. The van der Waals surface area contributed by atoms with Gasteiger partial charge in [-0.3, -0.25) is 9.59 Å². The summed E-state index contributed by atoms with van der Waals surface area (Å²) in [6.45, 7) is 4.88. The van der Waals surface area contributed by atoms with E-state index in [0.29, 0.717) is 19.4 Å². The molecular formula is C72H135NO5. The molecule has 0 aromatic rings. The highest BCUT2D eigenvalue weighted by atomic mass is 16.5. The molecule has 0 aliphatic rings. The van der Waals surface area contributed by atoms with Crippen LogP contribution in [0.25, 0.3) is 0 Å². The van der Waals surface area contributed by atoms with Crippen LogP contribution in [0.2, 0.25) is 0 Å². The molecule has 0 aliphatic carbocycles. The lowest BCUT2D eigenvalue weighted by molar-refractivity contribution is -0.143. The maximum Gasteiger partial charge on any atom is 0.305 e. The van der Waals surface area contributed by atoms with Crippen LogP contribution >= 0.6 is 0 Å². The summed E-state index contributed by atoms with van der Waals surface area (Å²) in [5.74, 6) is -0.0917. The summed E-state index contributed by atoms with van der Waals surface area (Å²) in [6, 6.07) is -0.638. The normalized spacial score (nSPS) is 12.8. The van der Waals surface area contributed by atoms with E-state index in [1.807, 2.05) is 6.08 Å². The van der Waals surface area contributed by atoms with Gasteiger partial charge in [0.2, 0.25) is 5.91 Å². The van der Waals surface area contributed by atoms with Gasteiger partial charge in [-0.1, -0.05) is 319 Å². The molecule has 6 nitrogen and oxygen atoms in total. The molecule has 0 bridgehead atoms. The van der Waals surface area contributed by atoms with Crippen molar-refractivity contribution in [3.8, 4) is 0 Å². The molecule has 0 aromatic carbocycles. The van der Waals surface area contributed by atoms with E-state index < -0.39 is 12.1 Å². The molecule has 0 aliphatic heterocycles. The highest BCUT2D eigenvalue weighted by molar-refractivity contribution is 5.76. The van der Waals surface area contributed by atoms with Gasteiger partial charge in [-0.05, 0) is 89.9 Å². The van der Waals surface area contributed by atoms with Crippen molar-refractivity contribution in [3.63, 3.8) is 0 Å². The van der Waals surface area contributed by atoms with Crippen LogP contribution in [-0.2, 0) is 14.3 Å². The Labute approximate surface area is 486 Å². The average molecular weight is 1090 g/mol. The van der Waals surface area contributed by atoms with Crippen LogP contribution < -0.4 is 5.32 Å². The predicted octanol–water partition coefficient (Wildman–Crippen LogP) is 22.5. The number of rotatable bonds is 65. The summed E-state index contributed by atoms with van der Waals surface area (Å²) in [5, 5.41) is 23.3. The monoisotopic (exact) mass is 1090 g/mol. The molecule has 2 atom stereocenters. The number of aliphatic hydroxyl groups excluding tert-OH is 2. The number of allylic oxidation sites excluding steroid dienone is 7. The first kappa shape index (κ1) is 75.8. The Morgan fingerprint density at radius 2 is 0.641 bits per heavy atom. The zero-order valence-electron chi connectivity index (χ0n) is 52.4. The Balaban J connectivity index is 3.49. The largest absolute Gasteiger partial charge is 0.466 e. The molecule has 1 amide bonds. The van der Waals surface area contributed by atoms with Crippen molar-refractivity contribution >= 4 is 11.9 Å². The highest BCUT2D eigenvalue weighted by Crippen LogP contribution is 2.18. The van der Waals surface area contributed by atoms with Crippen LogP contribution in [0.15, 0.2) is 48.6 Å². The zero-order chi connectivity index (χ0) is 56.4. The molecular weight excluding hydrogens is 959 g/mol. The third-order valence-corrected chi connectivity index (χ3v) is 16.1. The van der Waals surface area contributed by atoms with E-state index in [0.717, 1.165) is 77.0 Å². The van der Waals surface area contributed by atoms with Crippen LogP contribution in [0.4, 0.5) is 0 Å². The Hall–Kier alpha value is -2.18. The number of ether oxygens (including phenoxy) is 1. The van der Waals surface area contributed by atoms with E-state index in [2.05, 4.69) is 55.6 Å². The number of aliphatic hydroxyl groups is 2. The topological polar surface area (TPSA) is 95.9 Å². The minimum Gasteiger partial charge on any atom is -0.466 e. The second kappa shape index (κ2) is 67.3. The van der Waals surface area contributed by atoms with Crippen LogP contribution in [0.3, 0.4) is 0 Å². The molecule has 0 heterocycles. The first-order valence-corrected chi connectivity index (χ1v) is 34.9. The maximum atomic E-state index is 12.5. The standard InChI is InChI=1S/C72H135NO5/c1-3-5-7-9-11-13-15-17-19-21-22-23-24-25-26-27-29-33-36-40-44-48-52-56-60-64-70(75)69(68-74)73-71(76)65-61-57-53-49-45-41-37-34-30-28-31-35-39-43-47-51-55-59-63-67-78-72(77)66-62-58-54-50-46-42-38-32-20-18-16-14-12-10-8-6-4-2/h18,20,35,39,43,47,60,64,69-70,74-75H,3-17,19,21-34,36-38,40-42,44-46,48-59,61-63,65-68H2,1-2H3,(H,73,76)/b20-18-,39-35-,47-43-,64-60+.